The minimum absolute atomic E-state index is 0.192. The quantitative estimate of drug-likeness (QED) is 0.646. The van der Waals surface area contributed by atoms with Crippen molar-refractivity contribution in [1.82, 2.24) is 0 Å². The highest BCUT2D eigenvalue weighted by Crippen LogP contribution is 2.32. The molecule has 0 spiro atoms. The van der Waals surface area contributed by atoms with Crippen LogP contribution in [0.1, 0.15) is 18.9 Å². The minimum Gasteiger partial charge on any atom is -0.487 e. The summed E-state index contributed by atoms with van der Waals surface area (Å²) in [5, 5.41) is 12.5. The number of carbonyl (C=O) groups is 1. The van der Waals surface area contributed by atoms with Crippen LogP contribution in [0.3, 0.4) is 0 Å². The average Bonchev–Trinajstić information content (AvgIpc) is 2.70. The predicted molar refractivity (Wildman–Crippen MR) is 110 cm³/mol. The van der Waals surface area contributed by atoms with E-state index in [0.717, 1.165) is 48.7 Å². The van der Waals surface area contributed by atoms with Crippen LogP contribution in [0.2, 0.25) is 0 Å². The van der Waals surface area contributed by atoms with Gasteiger partial charge in [0.25, 0.3) is 0 Å². The molecule has 0 aromatic heterocycles. The van der Waals surface area contributed by atoms with Gasteiger partial charge in [-0.1, -0.05) is 24.3 Å². The summed E-state index contributed by atoms with van der Waals surface area (Å²) in [5.41, 5.74) is 3.14. The van der Waals surface area contributed by atoms with Gasteiger partial charge in [-0.05, 0) is 43.2 Å². The molecular weight excluding hydrogens is 356 g/mol. The van der Waals surface area contributed by atoms with E-state index in [9.17, 15) is 4.79 Å². The zero-order chi connectivity index (χ0) is 19.9. The number of carboxylic acids is 1. The van der Waals surface area contributed by atoms with Crippen molar-refractivity contribution in [2.75, 3.05) is 37.0 Å². The molecule has 0 radical (unpaired) electrons. The molecule has 1 unspecified atom stereocenters. The standard InChI is InChI=1S/C22H28N2O4/c1-16-15-24(19-6-3-4-7-20(19)28-16)13-5-12-23-18-10-8-17(9-11-18)14-21(27-2)22(25)26/h3-4,6-11,16,21,23H,5,12-15H2,1-2H3,(H,25,26)/t16?,21-/m0/s1. The summed E-state index contributed by atoms with van der Waals surface area (Å²) in [6.45, 7) is 4.82. The Morgan fingerprint density at radius 3 is 2.75 bits per heavy atom. The lowest BCUT2D eigenvalue weighted by Gasteiger charge is -2.35. The molecule has 2 atom stereocenters. The Morgan fingerprint density at radius 2 is 2.04 bits per heavy atom. The molecule has 2 N–H and O–H groups in total. The Bertz CT molecular complexity index is 778. The number of rotatable bonds is 9. The SMILES string of the molecule is CO[C@@H](Cc1ccc(NCCCN2CC(C)Oc3ccccc32)cc1)C(=O)O. The molecule has 1 heterocycles. The molecule has 0 saturated carbocycles. The van der Waals surface area contributed by atoms with E-state index < -0.39 is 12.1 Å². The van der Waals surface area contributed by atoms with Gasteiger partial charge in [-0.15, -0.1) is 0 Å². The van der Waals surface area contributed by atoms with Crippen molar-refractivity contribution in [3.8, 4) is 5.75 Å². The molecule has 3 rings (SSSR count). The number of aliphatic carboxylic acids is 1. The molecule has 150 valence electrons. The highest BCUT2D eigenvalue weighted by Gasteiger charge is 2.21. The number of nitrogens with zero attached hydrogens (tertiary/aromatic N) is 1. The second-order valence-electron chi connectivity index (χ2n) is 7.09. The van der Waals surface area contributed by atoms with E-state index in [1.165, 1.54) is 7.11 Å². The van der Waals surface area contributed by atoms with Gasteiger partial charge >= 0.3 is 5.97 Å². The number of anilines is 2. The maximum atomic E-state index is 11.1. The van der Waals surface area contributed by atoms with Crippen molar-refractivity contribution in [3.63, 3.8) is 0 Å². The van der Waals surface area contributed by atoms with Crippen molar-refractivity contribution in [2.45, 2.75) is 32.0 Å². The summed E-state index contributed by atoms with van der Waals surface area (Å²) in [5.74, 6) is 0.0178. The number of benzene rings is 2. The fraction of sp³-hybridized carbons (Fsp3) is 0.409. The largest absolute Gasteiger partial charge is 0.487 e. The molecule has 2 aromatic rings. The zero-order valence-electron chi connectivity index (χ0n) is 16.4. The van der Waals surface area contributed by atoms with Crippen LogP contribution >= 0.6 is 0 Å². The fourth-order valence-corrected chi connectivity index (χ4v) is 3.44. The van der Waals surface area contributed by atoms with E-state index in [0.29, 0.717) is 6.42 Å². The average molecular weight is 384 g/mol. The highest BCUT2D eigenvalue weighted by atomic mass is 16.5. The van der Waals surface area contributed by atoms with Gasteiger partial charge in [0.15, 0.2) is 6.10 Å². The molecule has 0 saturated heterocycles. The smallest absolute Gasteiger partial charge is 0.333 e. The molecule has 6 heteroatoms. The second kappa shape index (κ2) is 9.46. The molecule has 1 aliphatic rings. The minimum atomic E-state index is -0.941. The first-order valence-electron chi connectivity index (χ1n) is 9.66. The maximum Gasteiger partial charge on any atom is 0.333 e. The number of ether oxygens (including phenoxy) is 2. The van der Waals surface area contributed by atoms with Crippen LogP contribution < -0.4 is 15.0 Å². The first-order chi connectivity index (χ1) is 13.6. The number of methoxy groups -OCH3 is 1. The molecule has 28 heavy (non-hydrogen) atoms. The lowest BCUT2D eigenvalue weighted by atomic mass is 10.1. The monoisotopic (exact) mass is 384 g/mol. The van der Waals surface area contributed by atoms with Crippen LogP contribution in [0.25, 0.3) is 0 Å². The van der Waals surface area contributed by atoms with E-state index in [1.807, 2.05) is 42.5 Å². The van der Waals surface area contributed by atoms with Gasteiger partial charge in [0.2, 0.25) is 0 Å². The molecule has 6 nitrogen and oxygen atoms in total. The van der Waals surface area contributed by atoms with E-state index in [-0.39, 0.29) is 6.10 Å². The third-order valence-corrected chi connectivity index (χ3v) is 4.88. The molecule has 0 aliphatic carbocycles. The third-order valence-electron chi connectivity index (χ3n) is 4.88. The Labute approximate surface area is 166 Å². The summed E-state index contributed by atoms with van der Waals surface area (Å²) in [4.78, 5) is 13.4. The van der Waals surface area contributed by atoms with E-state index in [1.54, 1.807) is 0 Å². The number of nitrogens with one attached hydrogen (secondary N) is 1. The molecular formula is C22H28N2O4. The van der Waals surface area contributed by atoms with E-state index >= 15 is 0 Å². The molecule has 1 aliphatic heterocycles. The first-order valence-corrected chi connectivity index (χ1v) is 9.66. The van der Waals surface area contributed by atoms with Crippen LogP contribution in [0.4, 0.5) is 11.4 Å². The topological polar surface area (TPSA) is 71.0 Å². The zero-order valence-corrected chi connectivity index (χ0v) is 16.4. The fourth-order valence-electron chi connectivity index (χ4n) is 3.44. The molecule has 0 fully saturated rings. The molecule has 0 bridgehead atoms. The van der Waals surface area contributed by atoms with Crippen LogP contribution in [-0.2, 0) is 16.0 Å². The summed E-state index contributed by atoms with van der Waals surface area (Å²) in [7, 11) is 1.42. The summed E-state index contributed by atoms with van der Waals surface area (Å²) in [6, 6.07) is 16.0. The van der Waals surface area contributed by atoms with Crippen molar-refractivity contribution in [2.24, 2.45) is 0 Å². The normalized spacial score (nSPS) is 16.8. The second-order valence-corrected chi connectivity index (χ2v) is 7.09. The van der Waals surface area contributed by atoms with Crippen molar-refractivity contribution < 1.29 is 19.4 Å². The van der Waals surface area contributed by atoms with Gasteiger partial charge in [0.1, 0.15) is 11.9 Å². The van der Waals surface area contributed by atoms with Crippen molar-refractivity contribution >= 4 is 17.3 Å². The summed E-state index contributed by atoms with van der Waals surface area (Å²) in [6.07, 6.45) is 0.753. The molecule has 0 amide bonds. The van der Waals surface area contributed by atoms with E-state index in [4.69, 9.17) is 14.6 Å². The van der Waals surface area contributed by atoms with E-state index in [2.05, 4.69) is 23.2 Å². The van der Waals surface area contributed by atoms with Gasteiger partial charge in [-0.2, -0.15) is 0 Å². The Kier molecular flexibility index (Phi) is 6.76. The van der Waals surface area contributed by atoms with Crippen LogP contribution in [0, 0.1) is 0 Å². The molecule has 2 aromatic carbocycles. The summed E-state index contributed by atoms with van der Waals surface area (Å²) < 4.78 is 10.9. The lowest BCUT2D eigenvalue weighted by Crippen LogP contribution is -2.39. The lowest BCUT2D eigenvalue weighted by molar-refractivity contribution is -0.148. The number of hydrogen-bond donors (Lipinski definition) is 2. The van der Waals surface area contributed by atoms with Gasteiger partial charge in [0, 0.05) is 32.3 Å². The summed E-state index contributed by atoms with van der Waals surface area (Å²) >= 11 is 0. The predicted octanol–water partition coefficient (Wildman–Crippen LogP) is 3.42. The highest BCUT2D eigenvalue weighted by molar-refractivity contribution is 5.72. The Hall–Kier alpha value is -2.73. The third kappa shape index (κ3) is 5.16. The van der Waals surface area contributed by atoms with Crippen LogP contribution in [-0.4, -0.2) is 50.0 Å². The van der Waals surface area contributed by atoms with Crippen LogP contribution in [0.5, 0.6) is 5.75 Å². The Balaban J connectivity index is 1.46. The number of fused-ring (bicyclic) bond motifs is 1. The van der Waals surface area contributed by atoms with Gasteiger partial charge < -0.3 is 24.8 Å². The van der Waals surface area contributed by atoms with Crippen LogP contribution in [0.15, 0.2) is 48.5 Å². The number of para-hydroxylation sites is 2. The number of carboxylic acid groups (broad SMARTS) is 1. The maximum absolute atomic E-state index is 11.1. The van der Waals surface area contributed by atoms with Crippen molar-refractivity contribution in [1.29, 1.82) is 0 Å². The van der Waals surface area contributed by atoms with Crippen molar-refractivity contribution in [3.05, 3.63) is 54.1 Å². The Morgan fingerprint density at radius 1 is 1.29 bits per heavy atom. The number of hydrogen-bond acceptors (Lipinski definition) is 5. The first kappa shape index (κ1) is 20.0. The van der Waals surface area contributed by atoms with Gasteiger partial charge in [-0.25, -0.2) is 4.79 Å². The van der Waals surface area contributed by atoms with Gasteiger partial charge in [-0.3, -0.25) is 0 Å². The van der Waals surface area contributed by atoms with Gasteiger partial charge in [0.05, 0.1) is 12.2 Å².